The molecule has 0 heterocycles. The minimum atomic E-state index is -4.65. The Bertz CT molecular complexity index is 1630. The van der Waals surface area contributed by atoms with Crippen LogP contribution in [-0.4, -0.2) is 70.0 Å². The standard InChI is InChI=1S/C73H134NO8P/c1-6-8-10-12-14-16-18-20-22-24-26-28-30-32-33-34-35-36-37-38-39-40-42-43-45-47-49-51-53-55-57-59-61-63-65-72(75)79-69-71(70-81-83(77,78)80-68-67-74(3,4)5)82-73(76)66-64-62-60-58-56-54-52-50-48-46-44-41-31-29-27-25-23-21-19-17-15-13-11-9-7-2/h9,11,15,17,21,23,27,29,41,44,48,50,71H,6-8,10,12-14,16,18-20,22,24-26,28,30-40,42-43,45-47,49,51-70H2,1-5H3/b11-9-,17-15-,23-21-,29-27-,44-41-,50-48-. The van der Waals surface area contributed by atoms with E-state index >= 15 is 0 Å². The smallest absolute Gasteiger partial charge is 0.306 e. The third-order valence-corrected chi connectivity index (χ3v) is 16.5. The highest BCUT2D eigenvalue weighted by Gasteiger charge is 2.22. The van der Waals surface area contributed by atoms with Crippen LogP contribution < -0.4 is 4.89 Å². The molecule has 0 saturated carbocycles. The van der Waals surface area contributed by atoms with E-state index in [1.54, 1.807) is 0 Å². The van der Waals surface area contributed by atoms with E-state index in [0.29, 0.717) is 17.4 Å². The fraction of sp³-hybridized carbons (Fsp3) is 0.808. The Morgan fingerprint density at radius 2 is 0.687 bits per heavy atom. The number of likely N-dealkylation sites (N-methyl/N-ethyl adjacent to an activating group) is 1. The molecule has 2 atom stereocenters. The maximum atomic E-state index is 12.8. The lowest BCUT2D eigenvalue weighted by molar-refractivity contribution is -0.870. The summed E-state index contributed by atoms with van der Waals surface area (Å²) in [5.74, 6) is -0.840. The number of carbonyl (C=O) groups is 2. The Labute approximate surface area is 514 Å². The molecule has 0 N–H and O–H groups in total. The van der Waals surface area contributed by atoms with Crippen molar-refractivity contribution in [1.82, 2.24) is 0 Å². The maximum absolute atomic E-state index is 12.8. The first-order chi connectivity index (χ1) is 40.5. The molecule has 0 amide bonds. The van der Waals surface area contributed by atoms with Gasteiger partial charge in [0, 0.05) is 12.8 Å². The predicted octanol–water partition coefficient (Wildman–Crippen LogP) is 22.1. The van der Waals surface area contributed by atoms with Crippen LogP contribution in [0.25, 0.3) is 0 Å². The number of rotatable bonds is 65. The fourth-order valence-electron chi connectivity index (χ4n) is 10.1. The number of carbonyl (C=O) groups excluding carboxylic acids is 2. The zero-order chi connectivity index (χ0) is 60.5. The minimum absolute atomic E-state index is 0.0357. The fourth-order valence-corrected chi connectivity index (χ4v) is 10.9. The second-order valence-electron chi connectivity index (χ2n) is 24.9. The number of phosphoric acid groups is 1. The van der Waals surface area contributed by atoms with Crippen molar-refractivity contribution in [3.8, 4) is 0 Å². The summed E-state index contributed by atoms with van der Waals surface area (Å²) in [5.41, 5.74) is 0. The molecule has 0 aromatic rings. The summed E-state index contributed by atoms with van der Waals surface area (Å²) in [7, 11) is 1.16. The zero-order valence-corrected chi connectivity index (χ0v) is 56.0. The van der Waals surface area contributed by atoms with Gasteiger partial charge in [-0.05, 0) is 64.2 Å². The van der Waals surface area contributed by atoms with Crippen molar-refractivity contribution in [1.29, 1.82) is 0 Å². The van der Waals surface area contributed by atoms with Crippen molar-refractivity contribution < 1.29 is 42.1 Å². The van der Waals surface area contributed by atoms with Crippen molar-refractivity contribution >= 4 is 19.8 Å². The van der Waals surface area contributed by atoms with E-state index in [1.807, 2.05) is 21.1 Å². The van der Waals surface area contributed by atoms with Gasteiger partial charge in [-0.2, -0.15) is 0 Å². The van der Waals surface area contributed by atoms with Gasteiger partial charge in [0.1, 0.15) is 19.8 Å². The molecular weight excluding hydrogens is 1050 g/mol. The van der Waals surface area contributed by atoms with Crippen molar-refractivity contribution in [3.05, 3.63) is 72.9 Å². The molecule has 0 aliphatic rings. The van der Waals surface area contributed by atoms with Crippen LogP contribution >= 0.6 is 7.82 Å². The molecule has 0 aliphatic heterocycles. The number of unbranched alkanes of at least 4 members (excludes halogenated alkanes) is 39. The molecule has 2 unspecified atom stereocenters. The molecule has 0 aromatic carbocycles. The van der Waals surface area contributed by atoms with Gasteiger partial charge < -0.3 is 27.9 Å². The molecule has 0 aliphatic carbocycles. The van der Waals surface area contributed by atoms with E-state index in [1.165, 1.54) is 199 Å². The van der Waals surface area contributed by atoms with Crippen molar-refractivity contribution in [2.24, 2.45) is 0 Å². The molecule has 9 nitrogen and oxygen atoms in total. The van der Waals surface area contributed by atoms with Crippen LogP contribution in [0, 0.1) is 0 Å². The molecule has 0 saturated heterocycles. The van der Waals surface area contributed by atoms with E-state index in [0.717, 1.165) is 96.3 Å². The van der Waals surface area contributed by atoms with Crippen LogP contribution in [0.1, 0.15) is 328 Å². The van der Waals surface area contributed by atoms with E-state index < -0.39 is 26.5 Å². The topological polar surface area (TPSA) is 111 Å². The van der Waals surface area contributed by atoms with E-state index in [4.69, 9.17) is 18.5 Å². The van der Waals surface area contributed by atoms with Gasteiger partial charge in [-0.15, -0.1) is 0 Å². The molecule has 83 heavy (non-hydrogen) atoms. The minimum Gasteiger partial charge on any atom is -0.756 e. The summed E-state index contributed by atoms with van der Waals surface area (Å²) in [5, 5.41) is 0. The molecular formula is C73H134NO8P. The summed E-state index contributed by atoms with van der Waals surface area (Å²) < 4.78 is 34.3. The quantitative estimate of drug-likeness (QED) is 0.0195. The van der Waals surface area contributed by atoms with E-state index in [9.17, 15) is 19.0 Å². The number of esters is 2. The molecule has 0 spiro atoms. The van der Waals surface area contributed by atoms with Gasteiger partial charge in [-0.1, -0.05) is 324 Å². The van der Waals surface area contributed by atoms with E-state index in [2.05, 4.69) is 86.8 Å². The van der Waals surface area contributed by atoms with Gasteiger partial charge in [0.05, 0.1) is 27.7 Å². The van der Waals surface area contributed by atoms with Gasteiger partial charge in [-0.25, -0.2) is 0 Å². The molecule has 484 valence electrons. The van der Waals surface area contributed by atoms with Crippen LogP contribution in [-0.2, 0) is 32.7 Å². The third kappa shape index (κ3) is 68.4. The largest absolute Gasteiger partial charge is 0.756 e. The molecule has 10 heteroatoms. The average Bonchev–Trinajstić information content (AvgIpc) is 3.48. The Balaban J connectivity index is 4.02. The van der Waals surface area contributed by atoms with Crippen LogP contribution in [0.3, 0.4) is 0 Å². The molecule has 0 fully saturated rings. The number of ether oxygens (including phenoxy) is 2. The van der Waals surface area contributed by atoms with Crippen LogP contribution in [0.4, 0.5) is 0 Å². The average molecular weight is 1180 g/mol. The number of hydrogen-bond acceptors (Lipinski definition) is 8. The molecule has 0 aromatic heterocycles. The van der Waals surface area contributed by atoms with Crippen molar-refractivity contribution in [3.63, 3.8) is 0 Å². The molecule has 0 rings (SSSR count). The second kappa shape index (κ2) is 63.9. The number of hydrogen-bond donors (Lipinski definition) is 0. The highest BCUT2D eigenvalue weighted by Crippen LogP contribution is 2.38. The van der Waals surface area contributed by atoms with Crippen LogP contribution in [0.15, 0.2) is 72.9 Å². The zero-order valence-electron chi connectivity index (χ0n) is 55.1. The first-order valence-electron chi connectivity index (χ1n) is 35.1. The summed E-state index contributed by atoms with van der Waals surface area (Å²) >= 11 is 0. The van der Waals surface area contributed by atoms with Gasteiger partial charge in [0.25, 0.3) is 7.82 Å². The van der Waals surface area contributed by atoms with Crippen LogP contribution in [0.5, 0.6) is 0 Å². The Morgan fingerprint density at radius 1 is 0.386 bits per heavy atom. The molecule has 0 radical (unpaired) electrons. The summed E-state index contributed by atoms with van der Waals surface area (Å²) in [4.78, 5) is 38.0. The Kier molecular flexibility index (Phi) is 62.0. The van der Waals surface area contributed by atoms with Gasteiger partial charge >= 0.3 is 11.9 Å². The number of nitrogens with zero attached hydrogens (tertiary/aromatic N) is 1. The lowest BCUT2D eigenvalue weighted by Gasteiger charge is -2.28. The normalized spacial score (nSPS) is 13.6. The third-order valence-electron chi connectivity index (χ3n) is 15.5. The van der Waals surface area contributed by atoms with Gasteiger partial charge in [0.2, 0.25) is 0 Å². The second-order valence-corrected chi connectivity index (χ2v) is 26.3. The van der Waals surface area contributed by atoms with Crippen LogP contribution in [0.2, 0.25) is 0 Å². The first kappa shape index (κ1) is 80.5. The van der Waals surface area contributed by atoms with Crippen molar-refractivity contribution in [2.45, 2.75) is 335 Å². The SMILES string of the molecule is CC/C=C\C/C=C\C/C=C\C/C=C\C/C=C\C/C=C\CCCCCCCCC(=O)OC(COC(=O)CCCCCCCCCCCCCCCCCCCCCCCCCCCCCCCCCCCC)COP(=O)([O-])OCC[N+](C)(C)C. The monoisotopic (exact) mass is 1180 g/mol. The first-order valence-corrected chi connectivity index (χ1v) is 36.6. The summed E-state index contributed by atoms with van der Waals surface area (Å²) in [6, 6.07) is 0. The summed E-state index contributed by atoms with van der Waals surface area (Å²) in [6.07, 6.45) is 85.7. The highest BCUT2D eigenvalue weighted by atomic mass is 31.2. The summed E-state index contributed by atoms with van der Waals surface area (Å²) in [6.45, 7) is 4.15. The Morgan fingerprint density at radius 3 is 1.02 bits per heavy atom. The Hall–Kier alpha value is -2.55. The maximum Gasteiger partial charge on any atom is 0.306 e. The van der Waals surface area contributed by atoms with Gasteiger partial charge in [-0.3, -0.25) is 14.2 Å². The lowest BCUT2D eigenvalue weighted by atomic mass is 10.0. The van der Waals surface area contributed by atoms with Gasteiger partial charge in [0.15, 0.2) is 6.10 Å². The highest BCUT2D eigenvalue weighted by molar-refractivity contribution is 7.45. The lowest BCUT2D eigenvalue weighted by Crippen LogP contribution is -2.37. The number of allylic oxidation sites excluding steroid dienone is 12. The molecule has 0 bridgehead atoms. The number of phosphoric ester groups is 1. The predicted molar refractivity (Wildman–Crippen MR) is 356 cm³/mol. The van der Waals surface area contributed by atoms with E-state index in [-0.39, 0.29) is 32.0 Å². The number of quaternary nitrogens is 1. The van der Waals surface area contributed by atoms with Crippen molar-refractivity contribution in [2.75, 3.05) is 47.5 Å².